The van der Waals surface area contributed by atoms with Gasteiger partial charge in [-0.05, 0) is 6.07 Å². The molecule has 0 aliphatic heterocycles. The molecule has 1 aromatic rings. The second-order valence-corrected chi connectivity index (χ2v) is 2.17. The van der Waals surface area contributed by atoms with E-state index in [-0.39, 0.29) is 0 Å². The van der Waals surface area contributed by atoms with Crippen LogP contribution in [0.15, 0.2) is 18.3 Å². The summed E-state index contributed by atoms with van der Waals surface area (Å²) < 4.78 is 4.92. The Kier molecular flexibility index (Phi) is 2.63. The molecule has 1 radical (unpaired) electrons. The fourth-order valence-electron chi connectivity index (χ4n) is 0.780. The van der Waals surface area contributed by atoms with Crippen LogP contribution in [0.2, 0.25) is 0 Å². The molecule has 0 atom stereocenters. The van der Waals surface area contributed by atoms with Crippen LogP contribution in [0.3, 0.4) is 0 Å². The number of ether oxygens (including phenoxy) is 1. The predicted molar refractivity (Wildman–Crippen MR) is 43.4 cm³/mol. The molecule has 0 spiro atoms. The number of carbonyl (C=O) groups excluding carboxylic acids is 1. The predicted octanol–water partition coefficient (Wildman–Crippen LogP) is 0.128. The Morgan fingerprint density at radius 3 is 3.08 bits per heavy atom. The summed E-state index contributed by atoms with van der Waals surface area (Å²) in [5, 5.41) is 0. The van der Waals surface area contributed by atoms with Crippen molar-refractivity contribution in [2.75, 3.05) is 7.11 Å². The van der Waals surface area contributed by atoms with Crippen molar-refractivity contribution in [3.8, 4) is 5.75 Å². The van der Waals surface area contributed by atoms with Crippen molar-refractivity contribution in [2.24, 2.45) is 5.73 Å². The number of hydrogen-bond acceptors (Lipinski definition) is 3. The van der Waals surface area contributed by atoms with Crippen molar-refractivity contribution in [1.29, 1.82) is 0 Å². The first-order chi connectivity index (χ1) is 5.72. The Morgan fingerprint density at radius 1 is 1.75 bits per heavy atom. The van der Waals surface area contributed by atoms with Gasteiger partial charge in [0.15, 0.2) is 0 Å². The molecule has 0 aliphatic rings. The zero-order valence-electron chi connectivity index (χ0n) is 6.65. The van der Waals surface area contributed by atoms with Gasteiger partial charge in [-0.2, -0.15) is 0 Å². The smallest absolute Gasteiger partial charge is 0.227 e. The van der Waals surface area contributed by atoms with Crippen LogP contribution >= 0.6 is 0 Å². The molecule has 4 nitrogen and oxygen atoms in total. The fourth-order valence-corrected chi connectivity index (χ4v) is 0.780. The number of carbonyl (C=O) groups is 1. The number of amides is 1. The molecule has 1 rings (SSSR count). The summed E-state index contributed by atoms with van der Waals surface area (Å²) in [5.41, 5.74) is 5.44. The molecule has 0 bridgehead atoms. The number of pyridine rings is 1. The summed E-state index contributed by atoms with van der Waals surface area (Å²) in [5.74, 6) is 0.133. The van der Waals surface area contributed by atoms with Crippen LogP contribution in [0.4, 0.5) is 0 Å². The van der Waals surface area contributed by atoms with Gasteiger partial charge in [0.2, 0.25) is 5.91 Å². The Balaban J connectivity index is 2.79. The topological polar surface area (TPSA) is 65.2 Å². The molecule has 0 saturated carbocycles. The summed E-state index contributed by atoms with van der Waals surface area (Å²) in [6, 6.07) is 3.32. The summed E-state index contributed by atoms with van der Waals surface area (Å²) in [4.78, 5) is 14.3. The van der Waals surface area contributed by atoms with Crippen molar-refractivity contribution in [1.82, 2.24) is 4.98 Å². The zero-order valence-corrected chi connectivity index (χ0v) is 6.65. The van der Waals surface area contributed by atoms with E-state index in [4.69, 9.17) is 10.5 Å². The standard InChI is InChI=1S/C8H9N2O2/c1-12-7-2-3-10-6(4-7)5-8(9)11/h2-5H,1H3,(H2,9,11). The van der Waals surface area contributed by atoms with Crippen molar-refractivity contribution in [3.05, 3.63) is 30.4 Å². The molecule has 0 saturated heterocycles. The van der Waals surface area contributed by atoms with Gasteiger partial charge in [0.25, 0.3) is 0 Å². The number of hydrogen-bond donors (Lipinski definition) is 1. The molecular weight excluding hydrogens is 156 g/mol. The number of methoxy groups -OCH3 is 1. The summed E-state index contributed by atoms with van der Waals surface area (Å²) in [7, 11) is 1.55. The Bertz CT molecular complexity index is 286. The van der Waals surface area contributed by atoms with E-state index in [0.717, 1.165) is 0 Å². The summed E-state index contributed by atoms with van der Waals surface area (Å²) in [6.45, 7) is 0. The van der Waals surface area contributed by atoms with E-state index in [0.29, 0.717) is 11.4 Å². The van der Waals surface area contributed by atoms with Gasteiger partial charge in [-0.1, -0.05) is 0 Å². The number of nitrogens with zero attached hydrogens (tertiary/aromatic N) is 1. The van der Waals surface area contributed by atoms with Gasteiger partial charge in [0.1, 0.15) is 5.75 Å². The lowest BCUT2D eigenvalue weighted by Crippen LogP contribution is -2.12. The van der Waals surface area contributed by atoms with Crippen molar-refractivity contribution >= 4 is 5.91 Å². The van der Waals surface area contributed by atoms with Crippen molar-refractivity contribution in [2.45, 2.75) is 0 Å². The maximum Gasteiger partial charge on any atom is 0.227 e. The number of aromatic nitrogens is 1. The highest BCUT2D eigenvalue weighted by Crippen LogP contribution is 2.10. The Morgan fingerprint density at radius 2 is 2.50 bits per heavy atom. The highest BCUT2D eigenvalue weighted by atomic mass is 16.5. The maximum atomic E-state index is 10.5. The number of primary amides is 1. The van der Waals surface area contributed by atoms with Crippen LogP contribution < -0.4 is 10.5 Å². The van der Waals surface area contributed by atoms with Gasteiger partial charge in [0.05, 0.1) is 19.2 Å². The molecule has 0 fully saturated rings. The van der Waals surface area contributed by atoms with Gasteiger partial charge < -0.3 is 10.5 Å². The molecule has 2 N–H and O–H groups in total. The van der Waals surface area contributed by atoms with Crippen molar-refractivity contribution in [3.63, 3.8) is 0 Å². The lowest BCUT2D eigenvalue weighted by atomic mass is 10.2. The Labute approximate surface area is 70.4 Å². The molecule has 4 heteroatoms. The van der Waals surface area contributed by atoms with Crippen LogP contribution in [-0.2, 0) is 4.79 Å². The first kappa shape index (κ1) is 8.52. The largest absolute Gasteiger partial charge is 0.497 e. The average Bonchev–Trinajstić information content (AvgIpc) is 2.03. The molecule has 0 unspecified atom stereocenters. The molecule has 0 aliphatic carbocycles. The van der Waals surface area contributed by atoms with Gasteiger partial charge in [0, 0.05) is 12.3 Å². The van der Waals surface area contributed by atoms with Gasteiger partial charge in [-0.25, -0.2) is 0 Å². The molecule has 0 aromatic carbocycles. The lowest BCUT2D eigenvalue weighted by Gasteiger charge is -2.00. The third-order valence-electron chi connectivity index (χ3n) is 1.28. The summed E-state index contributed by atoms with van der Waals surface area (Å²) in [6.07, 6.45) is 2.79. The average molecular weight is 165 g/mol. The second kappa shape index (κ2) is 3.71. The van der Waals surface area contributed by atoms with Gasteiger partial charge in [-0.15, -0.1) is 0 Å². The first-order valence-electron chi connectivity index (χ1n) is 3.36. The third kappa shape index (κ3) is 2.23. The highest BCUT2D eigenvalue weighted by molar-refractivity contribution is 5.86. The second-order valence-electron chi connectivity index (χ2n) is 2.17. The third-order valence-corrected chi connectivity index (χ3v) is 1.28. The highest BCUT2D eigenvalue weighted by Gasteiger charge is 2.01. The quantitative estimate of drug-likeness (QED) is 0.692. The van der Waals surface area contributed by atoms with Crippen LogP contribution in [0, 0.1) is 6.42 Å². The zero-order chi connectivity index (χ0) is 8.97. The van der Waals surface area contributed by atoms with Gasteiger partial charge in [-0.3, -0.25) is 9.78 Å². The molecule has 1 heterocycles. The Hall–Kier alpha value is -1.58. The summed E-state index contributed by atoms with van der Waals surface area (Å²) >= 11 is 0. The monoisotopic (exact) mass is 165 g/mol. The van der Waals surface area contributed by atoms with E-state index in [1.165, 1.54) is 6.42 Å². The minimum absolute atomic E-state index is 0.502. The molecule has 12 heavy (non-hydrogen) atoms. The minimum atomic E-state index is -0.518. The normalized spacial score (nSPS) is 9.42. The number of nitrogens with two attached hydrogens (primary N) is 1. The van der Waals surface area contributed by atoms with Crippen molar-refractivity contribution < 1.29 is 9.53 Å². The lowest BCUT2D eigenvalue weighted by molar-refractivity contribution is -0.114. The van der Waals surface area contributed by atoms with E-state index < -0.39 is 5.91 Å². The SMILES string of the molecule is COc1ccnc([CH]C(N)=O)c1. The van der Waals surface area contributed by atoms with E-state index in [1.54, 1.807) is 25.4 Å². The minimum Gasteiger partial charge on any atom is -0.497 e. The van der Waals surface area contributed by atoms with Crippen LogP contribution in [0.1, 0.15) is 5.69 Å². The van der Waals surface area contributed by atoms with E-state index >= 15 is 0 Å². The first-order valence-corrected chi connectivity index (χ1v) is 3.36. The fraction of sp³-hybridized carbons (Fsp3) is 0.125. The van der Waals surface area contributed by atoms with Crippen LogP contribution in [0.5, 0.6) is 5.75 Å². The van der Waals surface area contributed by atoms with Crippen LogP contribution in [-0.4, -0.2) is 18.0 Å². The maximum absolute atomic E-state index is 10.5. The van der Waals surface area contributed by atoms with Gasteiger partial charge >= 0.3 is 0 Å². The molecular formula is C8H9N2O2. The molecule has 1 amide bonds. The molecule has 1 aromatic heterocycles. The van der Waals surface area contributed by atoms with E-state index in [1.807, 2.05) is 0 Å². The number of rotatable bonds is 3. The van der Waals surface area contributed by atoms with Crippen LogP contribution in [0.25, 0.3) is 0 Å². The molecule has 63 valence electrons. The van der Waals surface area contributed by atoms with E-state index in [2.05, 4.69) is 4.98 Å². The van der Waals surface area contributed by atoms with E-state index in [9.17, 15) is 4.79 Å².